The molecule has 0 saturated carbocycles. The van der Waals surface area contributed by atoms with Gasteiger partial charge in [0, 0.05) is 26.1 Å². The van der Waals surface area contributed by atoms with E-state index in [4.69, 9.17) is 0 Å². The molecule has 6 nitrogen and oxygen atoms in total. The first-order chi connectivity index (χ1) is 22.8. The molecule has 3 rings (SSSR count). The molecule has 12 heteroatoms. The van der Waals surface area contributed by atoms with Crippen LogP contribution in [0.15, 0.2) is 91.0 Å². The Balaban J connectivity index is 1.90. The van der Waals surface area contributed by atoms with Crippen LogP contribution in [-0.2, 0) is 19.9 Å². The molecule has 260 valence electrons. The number of nitrogens with one attached hydrogen (secondary N) is 1. The Labute approximate surface area is 277 Å². The van der Waals surface area contributed by atoms with Gasteiger partial charge in [-0.3, -0.25) is 14.5 Å². The second-order valence-electron chi connectivity index (χ2n) is 11.6. The van der Waals surface area contributed by atoms with Gasteiger partial charge in [-0.1, -0.05) is 91.0 Å². The van der Waals surface area contributed by atoms with Crippen molar-refractivity contribution in [3.8, 4) is 0 Å². The molecule has 0 fully saturated rings. The van der Waals surface area contributed by atoms with Crippen molar-refractivity contribution in [2.75, 3.05) is 32.7 Å². The Bertz CT molecular complexity index is 1340. The summed E-state index contributed by atoms with van der Waals surface area (Å²) in [6, 6.07) is 29.6. The number of halogens is 6. The first-order valence-corrected chi connectivity index (χ1v) is 15.9. The predicted octanol–water partition coefficient (Wildman–Crippen LogP) is 7.28. The van der Waals surface area contributed by atoms with Crippen molar-refractivity contribution in [2.45, 2.75) is 63.3 Å². The van der Waals surface area contributed by atoms with E-state index in [1.807, 2.05) is 91.0 Å². The number of carbonyl (C=O) groups is 3. The Kier molecular flexibility index (Phi) is 14.2. The Morgan fingerprint density at radius 1 is 0.583 bits per heavy atom. The summed E-state index contributed by atoms with van der Waals surface area (Å²) >= 11 is 0. The number of alkyl halides is 6. The molecule has 0 spiro atoms. The first kappa shape index (κ1) is 38.3. The van der Waals surface area contributed by atoms with Crippen molar-refractivity contribution in [1.29, 1.82) is 0 Å². The van der Waals surface area contributed by atoms with Gasteiger partial charge in [0.1, 0.15) is 5.78 Å². The highest BCUT2D eigenvalue weighted by Crippen LogP contribution is 2.43. The number of benzene rings is 3. The highest BCUT2D eigenvalue weighted by molar-refractivity contribution is 5.82. The molecule has 0 heterocycles. The van der Waals surface area contributed by atoms with Gasteiger partial charge in [0.05, 0.1) is 5.54 Å². The quantitative estimate of drug-likeness (QED) is 0.0874. The van der Waals surface area contributed by atoms with Crippen molar-refractivity contribution in [3.63, 3.8) is 0 Å². The van der Waals surface area contributed by atoms with E-state index in [1.165, 1.54) is 6.92 Å². The molecule has 0 bridgehead atoms. The molecule has 2 amide bonds. The van der Waals surface area contributed by atoms with Crippen molar-refractivity contribution in [1.82, 2.24) is 15.1 Å². The minimum absolute atomic E-state index is 0.0781. The fourth-order valence-electron chi connectivity index (χ4n) is 5.88. The zero-order chi connectivity index (χ0) is 35.2. The number of rotatable bonds is 18. The van der Waals surface area contributed by atoms with E-state index in [-0.39, 0.29) is 25.2 Å². The molecule has 0 aromatic heterocycles. The summed E-state index contributed by atoms with van der Waals surface area (Å²) in [4.78, 5) is 37.9. The van der Waals surface area contributed by atoms with E-state index in [0.717, 1.165) is 16.7 Å². The van der Waals surface area contributed by atoms with Crippen LogP contribution in [0.5, 0.6) is 0 Å². The van der Waals surface area contributed by atoms with E-state index in [2.05, 4.69) is 4.90 Å². The smallest absolute Gasteiger partial charge is 0.348 e. The number of hydrogen-bond donors (Lipinski definition) is 1. The van der Waals surface area contributed by atoms with Crippen LogP contribution >= 0.6 is 0 Å². The maximum Gasteiger partial charge on any atom is 0.471 e. The molecule has 3 aromatic rings. The van der Waals surface area contributed by atoms with Crippen LogP contribution in [0.25, 0.3) is 0 Å². The number of ketones is 1. The van der Waals surface area contributed by atoms with Crippen LogP contribution in [-0.4, -0.2) is 72.5 Å². The van der Waals surface area contributed by atoms with Gasteiger partial charge in [0.25, 0.3) is 0 Å². The van der Waals surface area contributed by atoms with Crippen LogP contribution < -0.4 is 5.32 Å². The monoisotopic (exact) mass is 677 g/mol. The summed E-state index contributed by atoms with van der Waals surface area (Å²) in [5.74, 6) is -4.20. The zero-order valence-electron chi connectivity index (χ0n) is 26.8. The third kappa shape index (κ3) is 10.7. The van der Waals surface area contributed by atoms with Gasteiger partial charge < -0.3 is 15.0 Å². The van der Waals surface area contributed by atoms with E-state index >= 15 is 0 Å². The van der Waals surface area contributed by atoms with E-state index < -0.39 is 42.8 Å². The molecule has 0 saturated heterocycles. The summed E-state index contributed by atoms with van der Waals surface area (Å²) in [5.41, 5.74) is 2.12. The topological polar surface area (TPSA) is 69.7 Å². The molecule has 3 aromatic carbocycles. The maximum absolute atomic E-state index is 13.4. The first-order valence-electron chi connectivity index (χ1n) is 15.9. The van der Waals surface area contributed by atoms with Crippen LogP contribution in [0.3, 0.4) is 0 Å². The van der Waals surface area contributed by atoms with Crippen molar-refractivity contribution in [2.24, 2.45) is 0 Å². The molecule has 0 aliphatic carbocycles. The number of carbonyl (C=O) groups excluding carboxylic acids is 3. The average molecular weight is 678 g/mol. The predicted molar refractivity (Wildman–Crippen MR) is 171 cm³/mol. The standard InChI is InChI=1S/C36H41F6N3O3/c1-28(46)16-11-12-26-45(27-14-13-24-44(33(48)36(40,41)42)25-15-23-43-32(47)35(37,38)39)34(29-17-5-2-6-18-29,30-19-7-3-8-20-30)31-21-9-4-10-22-31/h2-10,17-22H,11-16,23-27H2,1H3,(H,43,47). The lowest BCUT2D eigenvalue weighted by Crippen LogP contribution is -2.49. The molecule has 1 N–H and O–H groups in total. The van der Waals surface area contributed by atoms with Gasteiger partial charge in [-0.15, -0.1) is 0 Å². The van der Waals surface area contributed by atoms with Crippen LogP contribution in [0.4, 0.5) is 26.3 Å². The third-order valence-corrected chi connectivity index (χ3v) is 8.04. The van der Waals surface area contributed by atoms with Crippen molar-refractivity contribution in [3.05, 3.63) is 108 Å². The molecule has 48 heavy (non-hydrogen) atoms. The van der Waals surface area contributed by atoms with Crippen LogP contribution in [0, 0.1) is 0 Å². The lowest BCUT2D eigenvalue weighted by Gasteiger charge is -2.46. The molecule has 0 atom stereocenters. The zero-order valence-corrected chi connectivity index (χ0v) is 26.8. The summed E-state index contributed by atoms with van der Waals surface area (Å²) in [6.45, 7) is 1.20. The van der Waals surface area contributed by atoms with Crippen LogP contribution in [0.1, 0.15) is 62.1 Å². The summed E-state index contributed by atoms with van der Waals surface area (Å²) in [6.07, 6.45) is -8.27. The Morgan fingerprint density at radius 3 is 1.42 bits per heavy atom. The Morgan fingerprint density at radius 2 is 1.00 bits per heavy atom. The molecular weight excluding hydrogens is 636 g/mol. The third-order valence-electron chi connectivity index (χ3n) is 8.04. The molecule has 0 radical (unpaired) electrons. The minimum Gasteiger partial charge on any atom is -0.348 e. The average Bonchev–Trinajstić information content (AvgIpc) is 3.06. The normalized spacial score (nSPS) is 12.2. The molecule has 0 aliphatic rings. The van der Waals surface area contributed by atoms with Crippen molar-refractivity contribution < 1.29 is 40.7 Å². The van der Waals surface area contributed by atoms with E-state index in [9.17, 15) is 40.7 Å². The fraction of sp³-hybridized carbons (Fsp3) is 0.417. The Hall–Kier alpha value is -4.19. The van der Waals surface area contributed by atoms with Gasteiger partial charge in [-0.25, -0.2) is 0 Å². The number of Topliss-reactive ketones (excluding diaryl/α,β-unsaturated/α-hetero) is 1. The number of hydrogen-bond acceptors (Lipinski definition) is 4. The number of unbranched alkanes of at least 4 members (excludes halogenated alkanes) is 2. The second-order valence-corrected chi connectivity index (χ2v) is 11.6. The van der Waals surface area contributed by atoms with Gasteiger partial charge in [0.15, 0.2) is 0 Å². The lowest BCUT2D eigenvalue weighted by atomic mass is 9.75. The fourth-order valence-corrected chi connectivity index (χ4v) is 5.88. The van der Waals surface area contributed by atoms with E-state index in [0.29, 0.717) is 43.7 Å². The summed E-state index contributed by atoms with van der Waals surface area (Å²) in [7, 11) is 0. The molecule has 0 aliphatic heterocycles. The number of amides is 2. The van der Waals surface area contributed by atoms with Gasteiger partial charge >= 0.3 is 24.2 Å². The maximum atomic E-state index is 13.4. The largest absolute Gasteiger partial charge is 0.471 e. The lowest BCUT2D eigenvalue weighted by molar-refractivity contribution is -0.185. The van der Waals surface area contributed by atoms with Gasteiger partial charge in [0.2, 0.25) is 0 Å². The van der Waals surface area contributed by atoms with Crippen molar-refractivity contribution >= 4 is 17.6 Å². The summed E-state index contributed by atoms with van der Waals surface area (Å²) < 4.78 is 77.8. The highest BCUT2D eigenvalue weighted by Gasteiger charge is 2.43. The highest BCUT2D eigenvalue weighted by atomic mass is 19.4. The molecule has 0 unspecified atom stereocenters. The van der Waals surface area contributed by atoms with E-state index in [1.54, 1.807) is 5.32 Å². The van der Waals surface area contributed by atoms with Gasteiger partial charge in [-0.05, 0) is 68.8 Å². The second kappa shape index (κ2) is 17.8. The van der Waals surface area contributed by atoms with Crippen LogP contribution in [0.2, 0.25) is 0 Å². The number of nitrogens with zero attached hydrogens (tertiary/aromatic N) is 2. The molecular formula is C36H41F6N3O3. The SMILES string of the molecule is CC(=O)CCCCN(CCCCN(CCCNC(=O)C(F)(F)F)C(=O)C(F)(F)F)C(c1ccccc1)(c1ccccc1)c1ccccc1. The summed E-state index contributed by atoms with van der Waals surface area (Å²) in [5, 5.41) is 1.62. The minimum atomic E-state index is -5.17. The van der Waals surface area contributed by atoms with Gasteiger partial charge in [-0.2, -0.15) is 26.3 Å².